The predicted octanol–water partition coefficient (Wildman–Crippen LogP) is 0.909. The molecule has 11 heavy (non-hydrogen) atoms. The molecule has 0 aromatic rings. The highest BCUT2D eigenvalue weighted by atomic mass is 79.9. The Hall–Kier alpha value is 0.190. The second kappa shape index (κ2) is 2.91. The van der Waals surface area contributed by atoms with E-state index in [1.54, 1.807) is 6.26 Å². The molecule has 0 aromatic carbocycles. The summed E-state index contributed by atoms with van der Waals surface area (Å²) in [6, 6.07) is 0. The second-order valence-electron chi connectivity index (χ2n) is 1.96. The van der Waals surface area contributed by atoms with E-state index >= 15 is 0 Å². The Morgan fingerprint density at radius 2 is 2.18 bits per heavy atom. The molecule has 6 heteroatoms. The van der Waals surface area contributed by atoms with E-state index in [1.807, 2.05) is 0 Å². The Morgan fingerprint density at radius 3 is 2.36 bits per heavy atom. The molecule has 0 N–H and O–H groups in total. The van der Waals surface area contributed by atoms with E-state index in [1.165, 1.54) is 0 Å². The molecule has 0 aliphatic carbocycles. The lowest BCUT2D eigenvalue weighted by atomic mass is 10.4. The maximum Gasteiger partial charge on any atom is 0.199 e. The monoisotopic (exact) mass is 256 g/mol. The first kappa shape index (κ1) is 9.28. The summed E-state index contributed by atoms with van der Waals surface area (Å²) in [5.41, 5.74) is 0. The average Bonchev–Trinajstić information content (AvgIpc) is 2.13. The van der Waals surface area contributed by atoms with Gasteiger partial charge in [0, 0.05) is 5.41 Å². The molecule has 0 spiro atoms. The molecule has 3 nitrogen and oxygen atoms in total. The van der Waals surface area contributed by atoms with Crippen LogP contribution in [0.2, 0.25) is 0 Å². The van der Waals surface area contributed by atoms with E-state index in [-0.39, 0.29) is 5.78 Å². The second-order valence-corrected chi connectivity index (χ2v) is 6.21. The number of rotatable bonds is 1. The van der Waals surface area contributed by atoms with Crippen LogP contribution in [0.1, 0.15) is 0 Å². The van der Waals surface area contributed by atoms with Gasteiger partial charge in [-0.3, -0.25) is 4.79 Å². The lowest BCUT2D eigenvalue weighted by Gasteiger charge is -1.95. The third-order valence-electron chi connectivity index (χ3n) is 1.23. The minimum atomic E-state index is -3.35. The lowest BCUT2D eigenvalue weighted by molar-refractivity contribution is -0.112. The van der Waals surface area contributed by atoms with Gasteiger partial charge in [-0.25, -0.2) is 8.42 Å². The van der Waals surface area contributed by atoms with Gasteiger partial charge in [0.05, 0.1) is 4.91 Å². The van der Waals surface area contributed by atoms with Crippen LogP contribution in [0, 0.1) is 0 Å². The zero-order valence-electron chi connectivity index (χ0n) is 5.57. The quantitative estimate of drug-likeness (QED) is 0.655. The minimum Gasteiger partial charge on any atom is -0.291 e. The van der Waals surface area contributed by atoms with Gasteiger partial charge < -0.3 is 0 Å². The maximum atomic E-state index is 11.0. The SMILES string of the molecule is CSC1=CS(=O)(=O)C(Br)C1=O. The minimum absolute atomic E-state index is 0.298. The number of Topliss-reactive ketones (excluding diaryl/α,β-unsaturated/α-hetero) is 1. The highest BCUT2D eigenvalue weighted by molar-refractivity contribution is 9.11. The number of hydrogen-bond donors (Lipinski definition) is 0. The summed E-state index contributed by atoms with van der Waals surface area (Å²) >= 11 is 3.95. The molecule has 1 atom stereocenters. The molecule has 1 aliphatic heterocycles. The Labute approximate surface area is 77.3 Å². The maximum absolute atomic E-state index is 11.0. The molecule has 1 unspecified atom stereocenters. The van der Waals surface area contributed by atoms with Crippen LogP contribution < -0.4 is 0 Å². The van der Waals surface area contributed by atoms with Crippen molar-refractivity contribution >= 4 is 43.3 Å². The van der Waals surface area contributed by atoms with Crippen LogP contribution in [0.5, 0.6) is 0 Å². The molecule has 0 saturated heterocycles. The largest absolute Gasteiger partial charge is 0.291 e. The number of ketones is 1. The topological polar surface area (TPSA) is 51.2 Å². The fraction of sp³-hybridized carbons (Fsp3) is 0.400. The average molecular weight is 257 g/mol. The first-order valence-electron chi connectivity index (χ1n) is 2.67. The van der Waals surface area contributed by atoms with Crippen LogP contribution in [0.3, 0.4) is 0 Å². The van der Waals surface area contributed by atoms with E-state index in [0.29, 0.717) is 4.91 Å². The van der Waals surface area contributed by atoms with Crippen molar-refractivity contribution in [2.24, 2.45) is 0 Å². The van der Waals surface area contributed by atoms with Gasteiger partial charge in [0.25, 0.3) is 0 Å². The van der Waals surface area contributed by atoms with Crippen molar-refractivity contribution in [2.45, 2.75) is 4.16 Å². The molecule has 1 heterocycles. The number of halogens is 1. The molecular formula is C5H5BrO3S2. The Balaban J connectivity index is 3.15. The van der Waals surface area contributed by atoms with Gasteiger partial charge in [-0.15, -0.1) is 11.8 Å². The van der Waals surface area contributed by atoms with E-state index in [0.717, 1.165) is 17.2 Å². The molecule has 0 radical (unpaired) electrons. The number of hydrogen-bond acceptors (Lipinski definition) is 4. The highest BCUT2D eigenvalue weighted by Crippen LogP contribution is 2.30. The van der Waals surface area contributed by atoms with Crippen LogP contribution in [-0.2, 0) is 14.6 Å². The van der Waals surface area contributed by atoms with Crippen molar-refractivity contribution in [2.75, 3.05) is 6.26 Å². The molecule has 0 saturated carbocycles. The van der Waals surface area contributed by atoms with Crippen LogP contribution in [0.15, 0.2) is 10.3 Å². The van der Waals surface area contributed by atoms with Crippen molar-refractivity contribution in [1.29, 1.82) is 0 Å². The Morgan fingerprint density at radius 1 is 1.64 bits per heavy atom. The van der Waals surface area contributed by atoms with Crippen molar-refractivity contribution < 1.29 is 13.2 Å². The van der Waals surface area contributed by atoms with Crippen molar-refractivity contribution in [1.82, 2.24) is 0 Å². The predicted molar refractivity (Wildman–Crippen MR) is 48.2 cm³/mol. The first-order chi connectivity index (χ1) is 4.99. The van der Waals surface area contributed by atoms with E-state index in [9.17, 15) is 13.2 Å². The van der Waals surface area contributed by atoms with Crippen molar-refractivity contribution in [3.8, 4) is 0 Å². The van der Waals surface area contributed by atoms with E-state index in [2.05, 4.69) is 15.9 Å². The highest BCUT2D eigenvalue weighted by Gasteiger charge is 2.37. The van der Waals surface area contributed by atoms with Gasteiger partial charge >= 0.3 is 0 Å². The number of carbonyl (C=O) groups excluding carboxylic acids is 1. The lowest BCUT2D eigenvalue weighted by Crippen LogP contribution is -2.15. The van der Waals surface area contributed by atoms with Crippen LogP contribution in [0.4, 0.5) is 0 Å². The zero-order valence-corrected chi connectivity index (χ0v) is 8.79. The third-order valence-corrected chi connectivity index (χ3v) is 5.47. The smallest absolute Gasteiger partial charge is 0.199 e. The standard InChI is InChI=1S/C5H5BrO3S2/c1-10-3-2-11(8,9)5(6)4(3)7/h2,5H,1H3. The van der Waals surface area contributed by atoms with Gasteiger partial charge in [0.15, 0.2) is 19.8 Å². The van der Waals surface area contributed by atoms with Gasteiger partial charge in [-0.1, -0.05) is 15.9 Å². The summed E-state index contributed by atoms with van der Waals surface area (Å²) in [7, 11) is -3.35. The van der Waals surface area contributed by atoms with Crippen LogP contribution in [0.25, 0.3) is 0 Å². The molecule has 0 bridgehead atoms. The van der Waals surface area contributed by atoms with E-state index in [4.69, 9.17) is 0 Å². The Bertz CT molecular complexity index is 317. The fourth-order valence-electron chi connectivity index (χ4n) is 0.677. The number of allylic oxidation sites excluding steroid dienone is 1. The molecule has 0 amide bonds. The fourth-order valence-corrected chi connectivity index (χ4v) is 3.54. The molecular weight excluding hydrogens is 252 g/mol. The third kappa shape index (κ3) is 1.52. The first-order valence-corrected chi connectivity index (χ1v) is 6.42. The number of alkyl halides is 1. The van der Waals surface area contributed by atoms with Crippen molar-refractivity contribution in [3.63, 3.8) is 0 Å². The molecule has 0 fully saturated rings. The number of sulfone groups is 1. The number of carbonyl (C=O) groups is 1. The summed E-state index contributed by atoms with van der Waals surface area (Å²) in [5, 5.41) is 1.01. The molecule has 62 valence electrons. The van der Waals surface area contributed by atoms with Gasteiger partial charge in [0.2, 0.25) is 0 Å². The van der Waals surface area contributed by atoms with E-state index < -0.39 is 14.0 Å². The molecule has 1 aliphatic rings. The summed E-state index contributed by atoms with van der Waals surface area (Å²) in [5.74, 6) is -0.363. The van der Waals surface area contributed by atoms with Crippen molar-refractivity contribution in [3.05, 3.63) is 10.3 Å². The molecule has 0 aromatic heterocycles. The zero-order chi connectivity index (χ0) is 8.65. The van der Waals surface area contributed by atoms with Crippen LogP contribution in [-0.4, -0.2) is 24.6 Å². The summed E-state index contributed by atoms with van der Waals surface area (Å²) in [4.78, 5) is 11.3. The van der Waals surface area contributed by atoms with Gasteiger partial charge in [-0.2, -0.15) is 0 Å². The van der Waals surface area contributed by atoms with Gasteiger partial charge in [-0.05, 0) is 6.26 Å². The number of thioether (sulfide) groups is 1. The molecule has 1 rings (SSSR count). The van der Waals surface area contributed by atoms with Gasteiger partial charge in [0.1, 0.15) is 0 Å². The Kier molecular flexibility index (Phi) is 2.46. The summed E-state index contributed by atoms with van der Waals surface area (Å²) in [6.45, 7) is 0. The summed E-state index contributed by atoms with van der Waals surface area (Å²) in [6.07, 6.45) is 1.67. The van der Waals surface area contributed by atoms with Crippen LogP contribution >= 0.6 is 27.7 Å². The normalized spacial score (nSPS) is 28.7. The summed E-state index contributed by atoms with van der Waals surface area (Å²) < 4.78 is 20.9.